The van der Waals surface area contributed by atoms with Crippen LogP contribution in [-0.4, -0.2) is 52.7 Å². The number of anilines is 1. The normalized spacial score (nSPS) is 17.9. The molecule has 0 atom stereocenters. The summed E-state index contributed by atoms with van der Waals surface area (Å²) in [5, 5.41) is 8.97. The lowest BCUT2D eigenvalue weighted by molar-refractivity contribution is 0.220. The zero-order valence-corrected chi connectivity index (χ0v) is 11.2. The van der Waals surface area contributed by atoms with Crippen LogP contribution in [0.4, 0.5) is 5.95 Å². The zero-order valence-electron chi connectivity index (χ0n) is 11.2. The van der Waals surface area contributed by atoms with Crippen molar-refractivity contribution in [3.63, 3.8) is 0 Å². The number of piperidine rings is 1. The average Bonchev–Trinajstić information content (AvgIpc) is 2.47. The lowest BCUT2D eigenvalue weighted by Crippen LogP contribution is -2.43. The molecule has 0 bridgehead atoms. The molecule has 0 aliphatic carbocycles. The monoisotopic (exact) mass is 250 g/mol. The van der Waals surface area contributed by atoms with Gasteiger partial charge in [0.25, 0.3) is 0 Å². The maximum Gasteiger partial charge on any atom is 0.225 e. The van der Waals surface area contributed by atoms with E-state index in [4.69, 9.17) is 5.11 Å². The second kappa shape index (κ2) is 6.11. The summed E-state index contributed by atoms with van der Waals surface area (Å²) in [6.45, 7) is 5.65. The third-order valence-corrected chi connectivity index (χ3v) is 3.74. The van der Waals surface area contributed by atoms with Gasteiger partial charge in [-0.25, -0.2) is 9.97 Å². The summed E-state index contributed by atoms with van der Waals surface area (Å²) < 4.78 is 0. The van der Waals surface area contributed by atoms with E-state index in [1.165, 1.54) is 0 Å². The standard InChI is InChI=1S/C13H22N4O/c1-3-17-6-4-12(5-7-17)16(2)13-14-8-11(10-18)9-15-13/h8-9,12,18H,3-7,10H2,1-2H3. The lowest BCUT2D eigenvalue weighted by Gasteiger charge is -2.36. The topological polar surface area (TPSA) is 52.5 Å². The Labute approximate surface area is 108 Å². The van der Waals surface area contributed by atoms with E-state index in [0.717, 1.165) is 44.0 Å². The number of hydrogen-bond acceptors (Lipinski definition) is 5. The van der Waals surface area contributed by atoms with Gasteiger partial charge in [-0.3, -0.25) is 0 Å². The summed E-state index contributed by atoms with van der Waals surface area (Å²) in [5.41, 5.74) is 0.757. The van der Waals surface area contributed by atoms with E-state index in [1.54, 1.807) is 12.4 Å². The first-order valence-corrected chi connectivity index (χ1v) is 6.61. The largest absolute Gasteiger partial charge is 0.392 e. The molecule has 18 heavy (non-hydrogen) atoms. The first-order chi connectivity index (χ1) is 8.74. The van der Waals surface area contributed by atoms with E-state index < -0.39 is 0 Å². The molecular weight excluding hydrogens is 228 g/mol. The van der Waals surface area contributed by atoms with Crippen LogP contribution in [0.15, 0.2) is 12.4 Å². The van der Waals surface area contributed by atoms with E-state index in [0.29, 0.717) is 6.04 Å². The molecule has 5 heteroatoms. The summed E-state index contributed by atoms with van der Waals surface area (Å²) in [4.78, 5) is 13.2. The van der Waals surface area contributed by atoms with Gasteiger partial charge in [0.05, 0.1) is 6.61 Å². The summed E-state index contributed by atoms with van der Waals surface area (Å²) in [6, 6.07) is 0.521. The second-order valence-electron chi connectivity index (χ2n) is 4.83. The molecule has 5 nitrogen and oxygen atoms in total. The van der Waals surface area contributed by atoms with Gasteiger partial charge in [-0.2, -0.15) is 0 Å². The molecule has 1 aliphatic rings. The molecular formula is C13H22N4O. The van der Waals surface area contributed by atoms with E-state index in [9.17, 15) is 0 Å². The minimum Gasteiger partial charge on any atom is -0.392 e. The SMILES string of the molecule is CCN1CCC(N(C)c2ncc(CO)cn2)CC1. The maximum absolute atomic E-state index is 8.97. The summed E-state index contributed by atoms with van der Waals surface area (Å²) >= 11 is 0. The number of nitrogens with zero attached hydrogens (tertiary/aromatic N) is 4. The fourth-order valence-corrected chi connectivity index (χ4v) is 2.40. The van der Waals surface area contributed by atoms with Gasteiger partial charge < -0.3 is 14.9 Å². The third kappa shape index (κ3) is 2.97. The van der Waals surface area contributed by atoms with Crippen LogP contribution in [0, 0.1) is 0 Å². The first kappa shape index (κ1) is 13.2. The van der Waals surface area contributed by atoms with Crippen molar-refractivity contribution in [2.45, 2.75) is 32.4 Å². The number of aliphatic hydroxyl groups excluding tert-OH is 1. The highest BCUT2D eigenvalue weighted by Crippen LogP contribution is 2.18. The number of hydrogen-bond donors (Lipinski definition) is 1. The lowest BCUT2D eigenvalue weighted by atomic mass is 10.0. The van der Waals surface area contributed by atoms with Crippen LogP contribution in [-0.2, 0) is 6.61 Å². The molecule has 0 saturated carbocycles. The van der Waals surface area contributed by atoms with Crippen molar-refractivity contribution in [2.24, 2.45) is 0 Å². The smallest absolute Gasteiger partial charge is 0.225 e. The minimum absolute atomic E-state index is 0.00111. The number of rotatable bonds is 4. The Kier molecular flexibility index (Phi) is 4.49. The molecule has 1 aromatic rings. The average molecular weight is 250 g/mol. The Bertz CT molecular complexity index is 360. The van der Waals surface area contributed by atoms with E-state index in [-0.39, 0.29) is 6.61 Å². The summed E-state index contributed by atoms with van der Waals surface area (Å²) in [6.07, 6.45) is 5.71. The fourth-order valence-electron chi connectivity index (χ4n) is 2.40. The van der Waals surface area contributed by atoms with Gasteiger partial charge in [-0.1, -0.05) is 6.92 Å². The van der Waals surface area contributed by atoms with Crippen LogP contribution in [0.3, 0.4) is 0 Å². The van der Waals surface area contributed by atoms with E-state index in [1.807, 2.05) is 0 Å². The van der Waals surface area contributed by atoms with Crippen LogP contribution in [0.5, 0.6) is 0 Å². The Morgan fingerprint density at radius 3 is 2.44 bits per heavy atom. The van der Waals surface area contributed by atoms with Crippen LogP contribution in [0.1, 0.15) is 25.3 Å². The molecule has 1 aromatic heterocycles. The van der Waals surface area contributed by atoms with Crippen LogP contribution < -0.4 is 4.90 Å². The predicted molar refractivity (Wildman–Crippen MR) is 71.5 cm³/mol. The van der Waals surface area contributed by atoms with Crippen molar-refractivity contribution in [1.29, 1.82) is 0 Å². The molecule has 1 saturated heterocycles. The van der Waals surface area contributed by atoms with Crippen molar-refractivity contribution >= 4 is 5.95 Å². The van der Waals surface area contributed by atoms with Crippen LogP contribution in [0.25, 0.3) is 0 Å². The Hall–Kier alpha value is -1.20. The number of aromatic nitrogens is 2. The third-order valence-electron chi connectivity index (χ3n) is 3.74. The Morgan fingerprint density at radius 1 is 1.33 bits per heavy atom. The highest BCUT2D eigenvalue weighted by Gasteiger charge is 2.22. The van der Waals surface area contributed by atoms with Gasteiger partial charge in [-0.05, 0) is 19.4 Å². The van der Waals surface area contributed by atoms with Gasteiger partial charge in [0.15, 0.2) is 0 Å². The van der Waals surface area contributed by atoms with Crippen molar-refractivity contribution in [3.8, 4) is 0 Å². The summed E-state index contributed by atoms with van der Waals surface area (Å²) in [5.74, 6) is 0.752. The van der Waals surface area contributed by atoms with Crippen molar-refractivity contribution in [1.82, 2.24) is 14.9 Å². The van der Waals surface area contributed by atoms with Gasteiger partial charge in [0, 0.05) is 44.1 Å². The maximum atomic E-state index is 8.97. The van der Waals surface area contributed by atoms with Crippen molar-refractivity contribution in [3.05, 3.63) is 18.0 Å². The van der Waals surface area contributed by atoms with E-state index in [2.05, 4.69) is 33.7 Å². The van der Waals surface area contributed by atoms with Crippen LogP contribution in [0.2, 0.25) is 0 Å². The molecule has 0 aromatic carbocycles. The quantitative estimate of drug-likeness (QED) is 0.860. The highest BCUT2D eigenvalue weighted by molar-refractivity contribution is 5.30. The molecule has 2 rings (SSSR count). The minimum atomic E-state index is -0.00111. The predicted octanol–water partition coefficient (Wildman–Crippen LogP) is 0.889. The summed E-state index contributed by atoms with van der Waals surface area (Å²) in [7, 11) is 2.06. The number of likely N-dealkylation sites (tertiary alicyclic amines) is 1. The van der Waals surface area contributed by atoms with Gasteiger partial charge in [-0.15, -0.1) is 0 Å². The molecule has 0 radical (unpaired) electrons. The first-order valence-electron chi connectivity index (χ1n) is 6.61. The van der Waals surface area contributed by atoms with Gasteiger partial charge in [0.2, 0.25) is 5.95 Å². The Balaban J connectivity index is 1.96. The molecule has 2 heterocycles. The number of aliphatic hydroxyl groups is 1. The molecule has 0 spiro atoms. The van der Waals surface area contributed by atoms with Gasteiger partial charge in [0.1, 0.15) is 0 Å². The molecule has 0 amide bonds. The molecule has 1 N–H and O–H groups in total. The van der Waals surface area contributed by atoms with Crippen molar-refractivity contribution in [2.75, 3.05) is 31.6 Å². The zero-order chi connectivity index (χ0) is 13.0. The van der Waals surface area contributed by atoms with Gasteiger partial charge >= 0.3 is 0 Å². The van der Waals surface area contributed by atoms with Crippen LogP contribution >= 0.6 is 0 Å². The molecule has 1 aliphatic heterocycles. The molecule has 0 unspecified atom stereocenters. The van der Waals surface area contributed by atoms with E-state index >= 15 is 0 Å². The highest BCUT2D eigenvalue weighted by atomic mass is 16.3. The second-order valence-corrected chi connectivity index (χ2v) is 4.83. The molecule has 1 fully saturated rings. The fraction of sp³-hybridized carbons (Fsp3) is 0.692. The Morgan fingerprint density at radius 2 is 1.94 bits per heavy atom. The van der Waals surface area contributed by atoms with Crippen molar-refractivity contribution < 1.29 is 5.11 Å². The molecule has 100 valence electrons.